The molecule has 62 valence electrons. The monoisotopic (exact) mass is 163 g/mol. The molecule has 1 heterocycles. The molecule has 3 N–H and O–H groups in total. The van der Waals surface area contributed by atoms with E-state index in [0.717, 1.165) is 5.70 Å². The number of nitrogens with one attached hydrogen (secondary N) is 1. The molecule has 12 heavy (non-hydrogen) atoms. The van der Waals surface area contributed by atoms with Crippen molar-refractivity contribution in [1.82, 2.24) is 5.43 Å². The SMILES string of the molecule is NC(=O)C=CC1=CC=CC=NN1. The van der Waals surface area contributed by atoms with Gasteiger partial charge < -0.3 is 5.73 Å². The molecule has 0 radical (unpaired) electrons. The molecule has 0 aromatic rings. The molecule has 0 atom stereocenters. The number of amides is 1. The maximum absolute atomic E-state index is 10.4. The first-order valence-electron chi connectivity index (χ1n) is 3.42. The number of carbonyl (C=O) groups is 1. The Balaban J connectivity index is 2.63. The lowest BCUT2D eigenvalue weighted by Crippen LogP contribution is -2.07. The van der Waals surface area contributed by atoms with Crippen LogP contribution in [0.25, 0.3) is 0 Å². The minimum absolute atomic E-state index is 0.477. The molecular weight excluding hydrogens is 154 g/mol. The van der Waals surface area contributed by atoms with Crippen LogP contribution in [-0.4, -0.2) is 12.1 Å². The smallest absolute Gasteiger partial charge is 0.241 e. The van der Waals surface area contributed by atoms with Crippen molar-refractivity contribution in [2.45, 2.75) is 0 Å². The summed E-state index contributed by atoms with van der Waals surface area (Å²) in [4.78, 5) is 10.4. The second-order valence-electron chi connectivity index (χ2n) is 2.13. The van der Waals surface area contributed by atoms with Crippen LogP contribution in [-0.2, 0) is 4.79 Å². The zero-order valence-electron chi connectivity index (χ0n) is 6.40. The van der Waals surface area contributed by atoms with Crippen molar-refractivity contribution in [2.24, 2.45) is 10.8 Å². The number of allylic oxidation sites excluding steroid dienone is 4. The third-order valence-electron chi connectivity index (χ3n) is 1.17. The van der Waals surface area contributed by atoms with Gasteiger partial charge in [-0.1, -0.05) is 6.08 Å². The third kappa shape index (κ3) is 2.83. The normalized spacial score (nSPS) is 15.5. The van der Waals surface area contributed by atoms with Gasteiger partial charge in [0.25, 0.3) is 0 Å². The molecule has 0 aromatic heterocycles. The predicted molar refractivity (Wildman–Crippen MR) is 47.2 cm³/mol. The quantitative estimate of drug-likeness (QED) is 0.565. The minimum Gasteiger partial charge on any atom is -0.366 e. The van der Waals surface area contributed by atoms with Crippen LogP contribution in [0.3, 0.4) is 0 Å². The Kier molecular flexibility index (Phi) is 2.84. The van der Waals surface area contributed by atoms with E-state index in [9.17, 15) is 4.79 Å². The highest BCUT2D eigenvalue weighted by molar-refractivity contribution is 5.86. The number of hydrazone groups is 1. The Morgan fingerprint density at radius 3 is 3.17 bits per heavy atom. The summed E-state index contributed by atoms with van der Waals surface area (Å²) in [6, 6.07) is 0. The van der Waals surface area contributed by atoms with Gasteiger partial charge in [-0.2, -0.15) is 5.10 Å². The zero-order valence-corrected chi connectivity index (χ0v) is 6.40. The molecule has 4 nitrogen and oxygen atoms in total. The van der Waals surface area contributed by atoms with Gasteiger partial charge in [0.05, 0.1) is 5.70 Å². The summed E-state index contributed by atoms with van der Waals surface area (Å²) in [6.45, 7) is 0. The summed E-state index contributed by atoms with van der Waals surface area (Å²) in [5.41, 5.74) is 8.34. The second kappa shape index (κ2) is 4.12. The average molecular weight is 163 g/mol. The van der Waals surface area contributed by atoms with Crippen molar-refractivity contribution >= 4 is 12.1 Å². The molecule has 0 saturated heterocycles. The van der Waals surface area contributed by atoms with E-state index in [1.807, 2.05) is 6.08 Å². The summed E-state index contributed by atoms with van der Waals surface area (Å²) >= 11 is 0. The average Bonchev–Trinajstić information content (AvgIpc) is 2.28. The van der Waals surface area contributed by atoms with E-state index in [-0.39, 0.29) is 0 Å². The Hall–Kier alpha value is -1.84. The standard InChI is InChI=1S/C8H9N3O/c9-8(12)5-4-7-3-1-2-6-10-11-7/h1-6,11H,(H2,9,12). The summed E-state index contributed by atoms with van der Waals surface area (Å²) in [7, 11) is 0. The van der Waals surface area contributed by atoms with Crippen LogP contribution in [0.2, 0.25) is 0 Å². The number of rotatable bonds is 2. The first kappa shape index (κ1) is 8.26. The third-order valence-corrected chi connectivity index (χ3v) is 1.17. The fourth-order valence-corrected chi connectivity index (χ4v) is 0.666. The zero-order chi connectivity index (χ0) is 8.81. The number of nitrogens with two attached hydrogens (primary N) is 1. The van der Waals surface area contributed by atoms with Crippen LogP contribution in [0.4, 0.5) is 0 Å². The van der Waals surface area contributed by atoms with E-state index in [4.69, 9.17) is 5.73 Å². The van der Waals surface area contributed by atoms with Crippen molar-refractivity contribution < 1.29 is 4.79 Å². The van der Waals surface area contributed by atoms with Gasteiger partial charge in [-0.25, -0.2) is 0 Å². The Labute approximate surface area is 70.1 Å². The highest BCUT2D eigenvalue weighted by Gasteiger charge is 1.90. The number of hydrogen-bond acceptors (Lipinski definition) is 3. The fourth-order valence-electron chi connectivity index (χ4n) is 0.666. The molecule has 1 aliphatic heterocycles. The molecule has 0 aliphatic carbocycles. The van der Waals surface area contributed by atoms with Crippen molar-refractivity contribution in [3.8, 4) is 0 Å². The maximum atomic E-state index is 10.4. The Morgan fingerprint density at radius 2 is 2.42 bits per heavy atom. The summed E-state index contributed by atoms with van der Waals surface area (Å²) in [5.74, 6) is -0.477. The van der Waals surface area contributed by atoms with Crippen LogP contribution >= 0.6 is 0 Å². The largest absolute Gasteiger partial charge is 0.366 e. The van der Waals surface area contributed by atoms with Crippen LogP contribution in [0.5, 0.6) is 0 Å². The number of hydrogen-bond donors (Lipinski definition) is 2. The van der Waals surface area contributed by atoms with Crippen molar-refractivity contribution in [3.05, 3.63) is 36.1 Å². The molecule has 1 amide bonds. The summed E-state index contributed by atoms with van der Waals surface area (Å²) in [6.07, 6.45) is 9.82. The lowest BCUT2D eigenvalue weighted by Gasteiger charge is -1.95. The predicted octanol–water partition coefficient (Wildman–Crippen LogP) is 0.0570. The number of carbonyl (C=O) groups excluding carboxylic acids is 1. The van der Waals surface area contributed by atoms with Gasteiger partial charge >= 0.3 is 0 Å². The van der Waals surface area contributed by atoms with Crippen LogP contribution in [0.1, 0.15) is 0 Å². The maximum Gasteiger partial charge on any atom is 0.241 e. The molecule has 0 saturated carbocycles. The van der Waals surface area contributed by atoms with E-state index in [2.05, 4.69) is 10.5 Å². The molecule has 4 heteroatoms. The highest BCUT2D eigenvalue weighted by atomic mass is 16.1. The summed E-state index contributed by atoms with van der Waals surface area (Å²) < 4.78 is 0. The topological polar surface area (TPSA) is 67.5 Å². The lowest BCUT2D eigenvalue weighted by atomic mass is 10.3. The molecular formula is C8H9N3O. The molecule has 0 fully saturated rings. The van der Waals surface area contributed by atoms with Gasteiger partial charge in [-0.3, -0.25) is 10.2 Å². The Bertz CT molecular complexity index is 287. The second-order valence-corrected chi connectivity index (χ2v) is 2.13. The van der Waals surface area contributed by atoms with Crippen LogP contribution < -0.4 is 11.2 Å². The van der Waals surface area contributed by atoms with E-state index in [0.29, 0.717) is 0 Å². The van der Waals surface area contributed by atoms with Gasteiger partial charge in [0.15, 0.2) is 0 Å². The van der Waals surface area contributed by atoms with E-state index < -0.39 is 5.91 Å². The van der Waals surface area contributed by atoms with Crippen molar-refractivity contribution in [2.75, 3.05) is 0 Å². The van der Waals surface area contributed by atoms with Crippen molar-refractivity contribution in [3.63, 3.8) is 0 Å². The number of primary amides is 1. The van der Waals surface area contributed by atoms with E-state index >= 15 is 0 Å². The van der Waals surface area contributed by atoms with Crippen molar-refractivity contribution in [1.29, 1.82) is 0 Å². The first-order chi connectivity index (χ1) is 5.79. The van der Waals surface area contributed by atoms with Gasteiger partial charge in [0, 0.05) is 12.3 Å². The van der Waals surface area contributed by atoms with E-state index in [1.54, 1.807) is 24.4 Å². The van der Waals surface area contributed by atoms with Gasteiger partial charge in [0.2, 0.25) is 5.91 Å². The van der Waals surface area contributed by atoms with Crippen LogP contribution in [0, 0.1) is 0 Å². The summed E-state index contributed by atoms with van der Waals surface area (Å²) in [5, 5.41) is 3.80. The van der Waals surface area contributed by atoms with Gasteiger partial charge in [-0.15, -0.1) is 0 Å². The molecule has 0 aromatic carbocycles. The minimum atomic E-state index is -0.477. The fraction of sp³-hybridized carbons (Fsp3) is 0. The number of nitrogens with zero attached hydrogens (tertiary/aromatic N) is 1. The lowest BCUT2D eigenvalue weighted by molar-refractivity contribution is -0.113. The van der Waals surface area contributed by atoms with Crippen LogP contribution in [0.15, 0.2) is 41.2 Å². The highest BCUT2D eigenvalue weighted by Crippen LogP contribution is 1.94. The van der Waals surface area contributed by atoms with Gasteiger partial charge in [-0.05, 0) is 18.2 Å². The molecule has 0 bridgehead atoms. The molecule has 0 spiro atoms. The molecule has 1 aliphatic rings. The molecule has 0 unspecified atom stereocenters. The van der Waals surface area contributed by atoms with Gasteiger partial charge in [0.1, 0.15) is 0 Å². The first-order valence-corrected chi connectivity index (χ1v) is 3.42. The van der Waals surface area contributed by atoms with E-state index in [1.165, 1.54) is 6.08 Å². The Morgan fingerprint density at radius 1 is 1.58 bits per heavy atom. The molecule has 1 rings (SSSR count).